The minimum Gasteiger partial charge on any atom is -0.458 e. The monoisotopic (exact) mass is 465 g/mol. The van der Waals surface area contributed by atoms with E-state index in [1.807, 2.05) is 48.7 Å². The second-order valence-electron chi connectivity index (χ2n) is 7.01. The second kappa shape index (κ2) is 10.8. The number of anilines is 1. The quantitative estimate of drug-likeness (QED) is 0.428. The predicted octanol–water partition coefficient (Wildman–Crippen LogP) is 4.85. The van der Waals surface area contributed by atoms with Crippen LogP contribution in [0.3, 0.4) is 0 Å². The lowest BCUT2D eigenvalue weighted by Crippen LogP contribution is -2.29. The Morgan fingerprint density at radius 3 is 2.75 bits per heavy atom. The molecule has 0 radical (unpaired) electrons. The zero-order valence-electron chi connectivity index (χ0n) is 17.8. The average Bonchev–Trinajstić information content (AvgIpc) is 3.31. The van der Waals surface area contributed by atoms with Gasteiger partial charge in [-0.3, -0.25) is 4.79 Å². The summed E-state index contributed by atoms with van der Waals surface area (Å²) in [6, 6.07) is 13.6. The number of rotatable bonds is 8. The minimum absolute atomic E-state index is 0.0824. The van der Waals surface area contributed by atoms with Gasteiger partial charge in [0.25, 0.3) is 0 Å². The Labute approximate surface area is 195 Å². The van der Waals surface area contributed by atoms with E-state index >= 15 is 0 Å². The van der Waals surface area contributed by atoms with Crippen molar-refractivity contribution in [2.24, 2.45) is 0 Å². The van der Waals surface area contributed by atoms with Crippen LogP contribution < -0.4 is 10.6 Å². The summed E-state index contributed by atoms with van der Waals surface area (Å²) in [6.07, 6.45) is 1.50. The molecule has 0 saturated carbocycles. The highest BCUT2D eigenvalue weighted by molar-refractivity contribution is 8.03. The third-order valence-corrected chi connectivity index (χ3v) is 6.75. The number of para-hydroxylation sites is 1. The summed E-state index contributed by atoms with van der Waals surface area (Å²) in [4.78, 5) is 26.2. The van der Waals surface area contributed by atoms with Gasteiger partial charge >= 0.3 is 5.97 Å². The van der Waals surface area contributed by atoms with E-state index in [1.165, 1.54) is 29.2 Å². The van der Waals surface area contributed by atoms with Crippen LogP contribution in [-0.4, -0.2) is 24.2 Å². The van der Waals surface area contributed by atoms with E-state index in [0.29, 0.717) is 21.9 Å². The molecule has 1 amide bonds. The molecular formula is C24H23N3O3S2. The van der Waals surface area contributed by atoms with Crippen LogP contribution in [0, 0.1) is 18.3 Å². The van der Waals surface area contributed by atoms with Crippen LogP contribution in [0.1, 0.15) is 23.3 Å². The van der Waals surface area contributed by atoms with Gasteiger partial charge in [0.1, 0.15) is 6.61 Å². The van der Waals surface area contributed by atoms with Crippen molar-refractivity contribution in [1.29, 1.82) is 5.26 Å². The van der Waals surface area contributed by atoms with Crippen LogP contribution >= 0.6 is 23.1 Å². The lowest BCUT2D eigenvalue weighted by Gasteiger charge is -2.28. The van der Waals surface area contributed by atoms with E-state index < -0.39 is 11.9 Å². The van der Waals surface area contributed by atoms with Crippen LogP contribution in [0.25, 0.3) is 0 Å². The largest absolute Gasteiger partial charge is 0.458 e. The first-order chi connectivity index (χ1) is 15.5. The van der Waals surface area contributed by atoms with Crippen LogP contribution in [0.4, 0.5) is 5.69 Å². The molecule has 0 bridgehead atoms. The van der Waals surface area contributed by atoms with Gasteiger partial charge in [0, 0.05) is 16.3 Å². The highest BCUT2D eigenvalue weighted by Gasteiger charge is 2.36. The van der Waals surface area contributed by atoms with Gasteiger partial charge in [-0.2, -0.15) is 5.26 Å². The first-order valence-electron chi connectivity index (χ1n) is 9.88. The summed E-state index contributed by atoms with van der Waals surface area (Å²) >= 11 is 2.70. The number of carbonyl (C=O) groups excluding carboxylic acids is 2. The number of thioether (sulfide) groups is 1. The molecule has 3 rings (SSSR count). The number of thiophene rings is 1. The summed E-state index contributed by atoms with van der Waals surface area (Å²) in [5, 5.41) is 18.5. The number of amides is 1. The van der Waals surface area contributed by atoms with Crippen molar-refractivity contribution < 1.29 is 14.3 Å². The molecule has 8 heteroatoms. The number of nitrogens with zero attached hydrogens (tertiary/aromatic N) is 1. The van der Waals surface area contributed by atoms with Gasteiger partial charge < -0.3 is 15.4 Å². The maximum absolute atomic E-state index is 12.8. The molecule has 164 valence electrons. The standard InChI is InChI=1S/C24H23N3O3S2/c1-4-11-30-24(29)21-16(3)26-23(17(13-25)22(21)19-10-7-12-31-19)32-14-20(28)27-18-9-6-5-8-15(18)2/h4-10,12,22,26H,1,11,14H2,2-3H3,(H,27,28)/t22-/m1/s1. The molecule has 2 N–H and O–H groups in total. The summed E-state index contributed by atoms with van der Waals surface area (Å²) in [7, 11) is 0. The van der Waals surface area contributed by atoms with Crippen molar-refractivity contribution in [3.63, 3.8) is 0 Å². The van der Waals surface area contributed by atoms with Crippen molar-refractivity contribution in [3.8, 4) is 6.07 Å². The Morgan fingerprint density at radius 1 is 1.31 bits per heavy atom. The number of nitrogens with one attached hydrogen (secondary N) is 2. The van der Waals surface area contributed by atoms with Gasteiger partial charge in [-0.05, 0) is 36.9 Å². The molecule has 1 aromatic carbocycles. The maximum Gasteiger partial charge on any atom is 0.337 e. The SMILES string of the molecule is C=CCOC(=O)C1=C(C)NC(SCC(=O)Nc2ccccc2C)=C(C#N)[C@@H]1c1cccs1. The van der Waals surface area contributed by atoms with Crippen molar-refractivity contribution in [2.45, 2.75) is 19.8 Å². The van der Waals surface area contributed by atoms with Crippen LogP contribution in [0.5, 0.6) is 0 Å². The Balaban J connectivity index is 1.85. The van der Waals surface area contributed by atoms with Crippen LogP contribution in [0.2, 0.25) is 0 Å². The minimum atomic E-state index is -0.555. The van der Waals surface area contributed by atoms with E-state index in [4.69, 9.17) is 4.74 Å². The fourth-order valence-electron chi connectivity index (χ4n) is 3.29. The molecule has 1 aliphatic heterocycles. The summed E-state index contributed by atoms with van der Waals surface area (Å²) in [5.41, 5.74) is 3.09. The molecule has 0 spiro atoms. The lowest BCUT2D eigenvalue weighted by molar-refractivity contribution is -0.138. The van der Waals surface area contributed by atoms with Crippen molar-refractivity contribution in [2.75, 3.05) is 17.7 Å². The topological polar surface area (TPSA) is 91.2 Å². The predicted molar refractivity (Wildman–Crippen MR) is 129 cm³/mol. The van der Waals surface area contributed by atoms with E-state index in [-0.39, 0.29) is 18.3 Å². The zero-order valence-corrected chi connectivity index (χ0v) is 19.4. The van der Waals surface area contributed by atoms with Gasteiger partial charge in [0.15, 0.2) is 0 Å². The number of hydrogen-bond acceptors (Lipinski definition) is 7. The number of dihydropyridines is 1. The highest BCUT2D eigenvalue weighted by Crippen LogP contribution is 2.42. The molecule has 0 fully saturated rings. The zero-order chi connectivity index (χ0) is 23.1. The number of aryl methyl sites for hydroxylation is 1. The van der Waals surface area contributed by atoms with E-state index in [0.717, 1.165) is 16.1 Å². The number of carbonyl (C=O) groups is 2. The summed E-state index contributed by atoms with van der Waals surface area (Å²) < 4.78 is 5.28. The fraction of sp³-hybridized carbons (Fsp3) is 0.208. The van der Waals surface area contributed by atoms with Crippen molar-refractivity contribution >= 4 is 40.7 Å². The maximum atomic E-state index is 12.8. The third-order valence-electron chi connectivity index (χ3n) is 4.79. The molecule has 32 heavy (non-hydrogen) atoms. The summed E-state index contributed by atoms with van der Waals surface area (Å²) in [6.45, 7) is 7.35. The van der Waals surface area contributed by atoms with Gasteiger partial charge in [0.2, 0.25) is 5.91 Å². The molecule has 1 atom stereocenters. The van der Waals surface area contributed by atoms with Crippen molar-refractivity contribution in [3.05, 3.63) is 86.7 Å². The normalized spacial score (nSPS) is 15.6. The number of esters is 1. The molecular weight excluding hydrogens is 442 g/mol. The molecule has 0 unspecified atom stereocenters. The molecule has 2 aromatic rings. The first-order valence-corrected chi connectivity index (χ1v) is 11.7. The molecule has 1 aliphatic rings. The highest BCUT2D eigenvalue weighted by atomic mass is 32.2. The third kappa shape index (κ3) is 5.31. The average molecular weight is 466 g/mol. The van der Waals surface area contributed by atoms with Gasteiger partial charge in [-0.15, -0.1) is 11.3 Å². The number of benzene rings is 1. The van der Waals surface area contributed by atoms with Gasteiger partial charge in [-0.1, -0.05) is 48.7 Å². The van der Waals surface area contributed by atoms with E-state index in [9.17, 15) is 14.9 Å². The Kier molecular flexibility index (Phi) is 7.92. The smallest absolute Gasteiger partial charge is 0.337 e. The van der Waals surface area contributed by atoms with Crippen molar-refractivity contribution in [1.82, 2.24) is 5.32 Å². The van der Waals surface area contributed by atoms with Crippen LogP contribution in [0.15, 0.2) is 76.3 Å². The Hall–Kier alpha value is -3.28. The number of hydrogen-bond donors (Lipinski definition) is 2. The number of ether oxygens (including phenoxy) is 1. The van der Waals surface area contributed by atoms with E-state index in [2.05, 4.69) is 23.3 Å². The van der Waals surface area contributed by atoms with E-state index in [1.54, 1.807) is 6.92 Å². The Bertz CT molecular complexity index is 1130. The van der Waals surface area contributed by atoms with Crippen LogP contribution in [-0.2, 0) is 14.3 Å². The fourth-order valence-corrected chi connectivity index (χ4v) is 5.02. The molecule has 0 aliphatic carbocycles. The summed E-state index contributed by atoms with van der Waals surface area (Å²) in [5.74, 6) is -1.12. The molecule has 1 aromatic heterocycles. The molecule has 2 heterocycles. The second-order valence-corrected chi connectivity index (χ2v) is 8.97. The number of nitriles is 1. The first kappa shape index (κ1) is 23.4. The van der Waals surface area contributed by atoms with Gasteiger partial charge in [0.05, 0.1) is 33.9 Å². The van der Waals surface area contributed by atoms with Gasteiger partial charge in [-0.25, -0.2) is 4.79 Å². The molecule has 0 saturated heterocycles. The molecule has 6 nitrogen and oxygen atoms in total. The Morgan fingerprint density at radius 2 is 2.09 bits per heavy atom. The lowest BCUT2D eigenvalue weighted by atomic mass is 9.87. The number of allylic oxidation sites excluding steroid dienone is 2.